The Morgan fingerprint density at radius 2 is 1.93 bits per heavy atom. The molecule has 0 aromatic carbocycles. The molecule has 1 atom stereocenters. The van der Waals surface area contributed by atoms with Crippen molar-refractivity contribution in [3.05, 3.63) is 0 Å². The van der Waals surface area contributed by atoms with Gasteiger partial charge in [0.1, 0.15) is 13.1 Å². The average molecular weight is 254 g/mol. The Labute approximate surface area is 105 Å². The third-order valence-corrected chi connectivity index (χ3v) is 3.37. The summed E-state index contributed by atoms with van der Waals surface area (Å²) in [4.78, 5) is 1.49. The lowest BCUT2D eigenvalue weighted by atomic mass is 10.3. The largest absolute Gasteiger partial charge is 1.00 e. The van der Waals surface area contributed by atoms with Gasteiger partial charge in [-0.1, -0.05) is 26.7 Å². The lowest BCUT2D eigenvalue weighted by molar-refractivity contribution is -0.798. The zero-order chi connectivity index (χ0) is 10.4. The fourth-order valence-corrected chi connectivity index (χ4v) is 2.23. The second-order valence-corrected chi connectivity index (χ2v) is 4.45. The Balaban J connectivity index is 0.00000196. The zero-order valence-corrected chi connectivity index (χ0v) is 11.4. The molecule has 1 heterocycles. The van der Waals surface area contributed by atoms with E-state index in [1.54, 1.807) is 0 Å². The van der Waals surface area contributed by atoms with Crippen LogP contribution in [0.1, 0.15) is 39.5 Å². The van der Waals surface area contributed by atoms with Crippen molar-refractivity contribution < 1.29 is 21.9 Å². The van der Waals surface area contributed by atoms with E-state index < -0.39 is 0 Å². The van der Waals surface area contributed by atoms with E-state index in [9.17, 15) is 0 Å². The Kier molecular flexibility index (Phi) is 8.49. The third kappa shape index (κ3) is 4.71. The van der Waals surface area contributed by atoms with Gasteiger partial charge >= 0.3 is 5.29 Å². The molecule has 4 heteroatoms. The Hall–Kier alpha value is 0.210. The van der Waals surface area contributed by atoms with Crippen LogP contribution in [-0.2, 0) is 0 Å². The maximum atomic E-state index is 6.32. The van der Waals surface area contributed by atoms with Crippen molar-refractivity contribution in [2.24, 2.45) is 0 Å². The van der Waals surface area contributed by atoms with Gasteiger partial charge in [0.2, 0.25) is 0 Å². The van der Waals surface area contributed by atoms with Gasteiger partial charge in [-0.3, -0.25) is 0 Å². The summed E-state index contributed by atoms with van der Waals surface area (Å²) in [6.45, 7) is 9.16. The van der Waals surface area contributed by atoms with Crippen LogP contribution in [0.4, 0.5) is 0 Å². The van der Waals surface area contributed by atoms with Crippen LogP contribution in [0, 0.1) is 0 Å². The highest BCUT2D eigenvalue weighted by Gasteiger charge is 2.32. The number of halogens is 2. The van der Waals surface area contributed by atoms with Gasteiger partial charge < -0.3 is 12.4 Å². The summed E-state index contributed by atoms with van der Waals surface area (Å²) in [6.07, 6.45) is 5.07. The van der Waals surface area contributed by atoms with Crippen LogP contribution in [0.25, 0.3) is 0 Å². The molecule has 0 bridgehead atoms. The highest BCUT2D eigenvalue weighted by Crippen LogP contribution is 1.93. The quantitative estimate of drug-likeness (QED) is 0.418. The van der Waals surface area contributed by atoms with Crippen molar-refractivity contribution in [1.82, 2.24) is 0 Å². The number of rotatable bonds is 6. The molecule has 15 heavy (non-hydrogen) atoms. The summed E-state index contributed by atoms with van der Waals surface area (Å²) in [6, 6.07) is 0. The molecular weight excluding hydrogens is 231 g/mol. The maximum absolute atomic E-state index is 6.32. The molecule has 0 saturated carbocycles. The van der Waals surface area contributed by atoms with Crippen molar-refractivity contribution in [3.8, 4) is 0 Å². The highest BCUT2D eigenvalue weighted by molar-refractivity contribution is 6.60. The monoisotopic (exact) mass is 253 g/mol. The summed E-state index contributed by atoms with van der Waals surface area (Å²) in [5.41, 5.74) is 0. The van der Waals surface area contributed by atoms with Gasteiger partial charge in [-0.2, -0.15) is 4.58 Å². The van der Waals surface area contributed by atoms with Crippen molar-refractivity contribution >= 4 is 16.9 Å². The smallest absolute Gasteiger partial charge is 0.437 e. The van der Waals surface area contributed by atoms with E-state index in [0.29, 0.717) is 0 Å². The molecular formula is C11H23Cl2N2+. The highest BCUT2D eigenvalue weighted by atomic mass is 35.5. The molecule has 1 N–H and O–H groups in total. The van der Waals surface area contributed by atoms with Gasteiger partial charge in [-0.05, 0) is 6.42 Å². The zero-order valence-electron chi connectivity index (χ0n) is 9.86. The van der Waals surface area contributed by atoms with Crippen LogP contribution in [-0.4, -0.2) is 36.0 Å². The summed E-state index contributed by atoms with van der Waals surface area (Å²) in [7, 11) is 0. The molecule has 0 radical (unpaired) electrons. The van der Waals surface area contributed by atoms with Crippen LogP contribution in [0.3, 0.4) is 0 Å². The van der Waals surface area contributed by atoms with Gasteiger partial charge in [0.25, 0.3) is 0 Å². The van der Waals surface area contributed by atoms with E-state index in [4.69, 9.17) is 11.6 Å². The number of unbranched alkanes of at least 4 members (excludes halogenated alkanes) is 2. The molecule has 90 valence electrons. The second-order valence-electron chi connectivity index (χ2n) is 4.09. The topological polar surface area (TPSA) is 7.45 Å². The van der Waals surface area contributed by atoms with E-state index in [2.05, 4.69) is 18.4 Å². The first-order valence-corrected chi connectivity index (χ1v) is 6.29. The van der Waals surface area contributed by atoms with E-state index in [1.165, 1.54) is 43.7 Å². The first-order chi connectivity index (χ1) is 6.79. The number of nitrogens with one attached hydrogen (secondary N) is 1. The van der Waals surface area contributed by atoms with Gasteiger partial charge in [0.15, 0.2) is 6.54 Å². The molecule has 0 spiro atoms. The second kappa shape index (κ2) is 8.37. The normalized spacial score (nSPS) is 20.6. The number of quaternary nitrogens is 1. The van der Waals surface area contributed by atoms with Gasteiger partial charge in [-0.15, -0.1) is 0 Å². The van der Waals surface area contributed by atoms with Crippen LogP contribution in [0.15, 0.2) is 0 Å². The van der Waals surface area contributed by atoms with Crippen molar-refractivity contribution in [3.63, 3.8) is 0 Å². The Morgan fingerprint density at radius 1 is 1.27 bits per heavy atom. The van der Waals surface area contributed by atoms with Crippen LogP contribution >= 0.6 is 11.6 Å². The minimum absolute atomic E-state index is 0. The van der Waals surface area contributed by atoms with Crippen LogP contribution < -0.4 is 17.3 Å². The van der Waals surface area contributed by atoms with Crippen molar-refractivity contribution in [1.29, 1.82) is 0 Å². The van der Waals surface area contributed by atoms with Crippen LogP contribution in [0.5, 0.6) is 0 Å². The lowest BCUT2D eigenvalue weighted by Gasteiger charge is -2.04. The van der Waals surface area contributed by atoms with E-state index in [-0.39, 0.29) is 12.4 Å². The molecule has 1 unspecified atom stereocenters. The summed E-state index contributed by atoms with van der Waals surface area (Å²) in [5.74, 6) is 0. The molecule has 0 fully saturated rings. The predicted molar refractivity (Wildman–Crippen MR) is 61.4 cm³/mol. The first kappa shape index (κ1) is 15.2. The summed E-state index contributed by atoms with van der Waals surface area (Å²) in [5, 5.41) is 1.06. The fraction of sp³-hybridized carbons (Fsp3) is 0.909. The van der Waals surface area contributed by atoms with Gasteiger partial charge in [0.05, 0.1) is 18.1 Å². The molecule has 0 amide bonds. The SMILES string of the molecule is CCCC[N+]1=C(Cl)[NH+](CCCC)CC1.[Cl-]. The minimum atomic E-state index is 0. The molecule has 0 aliphatic carbocycles. The predicted octanol–water partition coefficient (Wildman–Crippen LogP) is -1.90. The molecule has 1 aliphatic heterocycles. The number of hydrogen-bond donors (Lipinski definition) is 1. The molecule has 1 rings (SSSR count). The molecule has 2 nitrogen and oxygen atoms in total. The summed E-state index contributed by atoms with van der Waals surface area (Å²) < 4.78 is 2.34. The standard InChI is InChI=1S/C11H22ClN2.ClH/c1-3-5-7-13-9-10-14(11(13)12)8-6-4-2;/h3-10H2,1-2H3;1H/q+1;. The third-order valence-electron chi connectivity index (χ3n) is 2.87. The fourth-order valence-electron chi connectivity index (χ4n) is 1.87. The number of hydrogen-bond acceptors (Lipinski definition) is 0. The van der Waals surface area contributed by atoms with Crippen molar-refractivity contribution in [2.45, 2.75) is 39.5 Å². The van der Waals surface area contributed by atoms with E-state index >= 15 is 0 Å². The lowest BCUT2D eigenvalue weighted by Crippen LogP contribution is -3.12. The minimum Gasteiger partial charge on any atom is -1.00 e. The summed E-state index contributed by atoms with van der Waals surface area (Å²) >= 11 is 6.32. The Bertz CT molecular complexity index is 205. The van der Waals surface area contributed by atoms with Crippen molar-refractivity contribution in [2.75, 3.05) is 26.2 Å². The molecule has 0 saturated heterocycles. The van der Waals surface area contributed by atoms with Gasteiger partial charge in [-0.25, -0.2) is 4.90 Å². The van der Waals surface area contributed by atoms with Gasteiger partial charge in [0, 0.05) is 6.42 Å². The van der Waals surface area contributed by atoms with E-state index in [0.717, 1.165) is 18.4 Å². The molecule has 1 aliphatic rings. The maximum Gasteiger partial charge on any atom is 0.437 e. The molecule has 0 aromatic heterocycles. The average Bonchev–Trinajstić information content (AvgIpc) is 2.54. The van der Waals surface area contributed by atoms with Crippen LogP contribution in [0.2, 0.25) is 0 Å². The Morgan fingerprint density at radius 3 is 2.53 bits per heavy atom. The molecule has 0 aromatic rings. The number of amidine groups is 1. The number of nitrogens with zero attached hydrogens (tertiary/aromatic N) is 1. The first-order valence-electron chi connectivity index (χ1n) is 5.92. The van der Waals surface area contributed by atoms with E-state index in [1.807, 2.05) is 0 Å².